The van der Waals surface area contributed by atoms with E-state index in [9.17, 15) is 9.59 Å². The van der Waals surface area contributed by atoms with Crippen molar-refractivity contribution in [2.24, 2.45) is 0 Å². The summed E-state index contributed by atoms with van der Waals surface area (Å²) in [4.78, 5) is 27.6. The number of ether oxygens (including phenoxy) is 1. The first-order chi connectivity index (χ1) is 12.0. The minimum absolute atomic E-state index is 0.233. The highest BCUT2D eigenvalue weighted by molar-refractivity contribution is 7.98. The summed E-state index contributed by atoms with van der Waals surface area (Å²) in [5.41, 5.74) is 2.14. The largest absolute Gasteiger partial charge is 0.452 e. The molecule has 25 heavy (non-hydrogen) atoms. The van der Waals surface area contributed by atoms with Crippen LogP contribution in [0.2, 0.25) is 0 Å². The number of hydrogen-bond acceptors (Lipinski definition) is 5. The highest BCUT2D eigenvalue weighted by Gasteiger charge is 2.11. The number of carbonyl (C=O) groups excluding carboxylic acids is 2. The zero-order chi connectivity index (χ0) is 18.2. The molecule has 0 aliphatic carbocycles. The molecule has 0 N–H and O–H groups in total. The van der Waals surface area contributed by atoms with Crippen LogP contribution in [0.4, 0.5) is 0 Å². The van der Waals surface area contributed by atoms with Crippen LogP contribution < -0.4 is 0 Å². The summed E-state index contributed by atoms with van der Waals surface area (Å²) in [5.74, 6) is -0.748. The van der Waals surface area contributed by atoms with Gasteiger partial charge in [-0.25, -0.2) is 4.79 Å². The Balaban J connectivity index is 1.79. The Bertz CT molecular complexity index is 750. The number of thiophene rings is 1. The average Bonchev–Trinajstić information content (AvgIpc) is 3.03. The van der Waals surface area contributed by atoms with Gasteiger partial charge in [0.05, 0.1) is 0 Å². The maximum atomic E-state index is 12.1. The van der Waals surface area contributed by atoms with Crippen LogP contribution in [0, 0.1) is 6.92 Å². The number of thioether (sulfide) groups is 1. The first-order valence-corrected chi connectivity index (χ1v) is 9.86. The van der Waals surface area contributed by atoms with Crippen LogP contribution in [0.25, 0.3) is 6.08 Å². The molecule has 0 aliphatic heterocycles. The van der Waals surface area contributed by atoms with Gasteiger partial charge < -0.3 is 9.64 Å². The van der Waals surface area contributed by atoms with Crippen LogP contribution in [0.15, 0.2) is 46.7 Å². The molecule has 1 amide bonds. The van der Waals surface area contributed by atoms with Crippen molar-refractivity contribution in [1.29, 1.82) is 0 Å². The van der Waals surface area contributed by atoms with Gasteiger partial charge in [0.15, 0.2) is 6.61 Å². The summed E-state index contributed by atoms with van der Waals surface area (Å²) in [7, 11) is 1.70. The van der Waals surface area contributed by atoms with E-state index in [2.05, 4.69) is 0 Å². The summed E-state index contributed by atoms with van der Waals surface area (Å²) in [5, 5.41) is 1.96. The molecule has 6 heteroatoms. The molecule has 0 atom stereocenters. The van der Waals surface area contributed by atoms with E-state index < -0.39 is 5.97 Å². The molecule has 0 fully saturated rings. The van der Waals surface area contributed by atoms with Crippen LogP contribution in [0.5, 0.6) is 0 Å². The lowest BCUT2D eigenvalue weighted by Gasteiger charge is -2.17. The Morgan fingerprint density at radius 2 is 1.96 bits per heavy atom. The summed E-state index contributed by atoms with van der Waals surface area (Å²) in [6.45, 7) is 2.20. The van der Waals surface area contributed by atoms with Gasteiger partial charge >= 0.3 is 5.97 Å². The van der Waals surface area contributed by atoms with Crippen molar-refractivity contribution in [3.8, 4) is 0 Å². The maximum Gasteiger partial charge on any atom is 0.331 e. The van der Waals surface area contributed by atoms with Crippen molar-refractivity contribution in [3.05, 3.63) is 57.8 Å². The van der Waals surface area contributed by atoms with E-state index in [1.54, 1.807) is 41.1 Å². The van der Waals surface area contributed by atoms with Crippen molar-refractivity contribution >= 4 is 41.1 Å². The Morgan fingerprint density at radius 3 is 2.56 bits per heavy atom. The monoisotopic (exact) mass is 375 g/mol. The van der Waals surface area contributed by atoms with Crippen molar-refractivity contribution in [3.63, 3.8) is 0 Å². The zero-order valence-electron chi connectivity index (χ0n) is 14.5. The number of aryl methyl sites for hydroxylation is 1. The highest BCUT2D eigenvalue weighted by Crippen LogP contribution is 2.17. The van der Waals surface area contributed by atoms with Crippen LogP contribution >= 0.6 is 23.1 Å². The first-order valence-electron chi connectivity index (χ1n) is 7.75. The summed E-state index contributed by atoms with van der Waals surface area (Å²) < 4.78 is 5.02. The molecule has 1 heterocycles. The van der Waals surface area contributed by atoms with Crippen molar-refractivity contribution in [1.82, 2.24) is 4.90 Å². The van der Waals surface area contributed by atoms with E-state index in [1.807, 2.05) is 48.9 Å². The van der Waals surface area contributed by atoms with E-state index in [1.165, 1.54) is 11.0 Å². The van der Waals surface area contributed by atoms with Gasteiger partial charge in [0.25, 0.3) is 5.91 Å². The van der Waals surface area contributed by atoms with Gasteiger partial charge in [0.2, 0.25) is 0 Å². The molecule has 0 radical (unpaired) electrons. The first kappa shape index (κ1) is 19.3. The normalized spacial score (nSPS) is 10.8. The van der Waals surface area contributed by atoms with Gasteiger partial charge in [-0.3, -0.25) is 4.79 Å². The molecule has 0 saturated carbocycles. The third-order valence-electron chi connectivity index (χ3n) is 3.61. The standard InChI is InChI=1S/C19H21NO3S2/c1-14-10-11-25-17(14)8-9-19(22)23-13-18(21)20(2)12-15-4-6-16(24-3)7-5-15/h4-11H,12-13H2,1-3H3/b9-8+. The molecule has 0 unspecified atom stereocenters. The second-order valence-electron chi connectivity index (χ2n) is 5.51. The number of esters is 1. The maximum absolute atomic E-state index is 12.1. The number of amides is 1. The van der Waals surface area contributed by atoms with Crippen molar-refractivity contribution in [2.45, 2.75) is 18.4 Å². The molecule has 1 aromatic carbocycles. The van der Waals surface area contributed by atoms with Crippen LogP contribution in [0.3, 0.4) is 0 Å². The molecule has 0 saturated heterocycles. The molecule has 2 rings (SSSR count). The Kier molecular flexibility index (Phi) is 7.28. The number of likely N-dealkylation sites (N-methyl/N-ethyl adjacent to an activating group) is 1. The van der Waals surface area contributed by atoms with Gasteiger partial charge in [-0.15, -0.1) is 23.1 Å². The fraction of sp³-hybridized carbons (Fsp3) is 0.263. The van der Waals surface area contributed by atoms with Gasteiger partial charge in [-0.1, -0.05) is 12.1 Å². The van der Waals surface area contributed by atoms with E-state index in [-0.39, 0.29) is 12.5 Å². The van der Waals surface area contributed by atoms with Crippen LogP contribution in [0.1, 0.15) is 16.0 Å². The lowest BCUT2D eigenvalue weighted by atomic mass is 10.2. The number of hydrogen-bond donors (Lipinski definition) is 0. The van der Waals surface area contributed by atoms with Crippen LogP contribution in [-0.2, 0) is 20.9 Å². The summed E-state index contributed by atoms with van der Waals surface area (Å²) in [6, 6.07) is 10.0. The lowest BCUT2D eigenvalue weighted by molar-refractivity contribution is -0.147. The molecule has 132 valence electrons. The predicted octanol–water partition coefficient (Wildman–Crippen LogP) is 3.99. The Hall–Kier alpha value is -2.05. The second kappa shape index (κ2) is 9.44. The van der Waals surface area contributed by atoms with Crippen LogP contribution in [-0.4, -0.2) is 36.7 Å². The van der Waals surface area contributed by atoms with Gasteiger partial charge in [0.1, 0.15) is 0 Å². The van der Waals surface area contributed by atoms with Gasteiger partial charge in [0, 0.05) is 29.4 Å². The van der Waals surface area contributed by atoms with Gasteiger partial charge in [-0.05, 0) is 54.0 Å². The third kappa shape index (κ3) is 6.07. The smallest absolute Gasteiger partial charge is 0.331 e. The number of carbonyl (C=O) groups is 2. The summed E-state index contributed by atoms with van der Waals surface area (Å²) >= 11 is 3.23. The molecule has 0 aliphatic rings. The minimum Gasteiger partial charge on any atom is -0.452 e. The molecule has 0 spiro atoms. The van der Waals surface area contributed by atoms with E-state index in [0.717, 1.165) is 16.0 Å². The van der Waals surface area contributed by atoms with E-state index in [0.29, 0.717) is 6.54 Å². The van der Waals surface area contributed by atoms with Crippen molar-refractivity contribution in [2.75, 3.05) is 19.9 Å². The highest BCUT2D eigenvalue weighted by atomic mass is 32.2. The summed E-state index contributed by atoms with van der Waals surface area (Å²) in [6.07, 6.45) is 5.09. The third-order valence-corrected chi connectivity index (χ3v) is 5.34. The number of nitrogens with zero attached hydrogens (tertiary/aromatic N) is 1. The lowest BCUT2D eigenvalue weighted by Crippen LogP contribution is -2.30. The molecule has 0 bridgehead atoms. The van der Waals surface area contributed by atoms with Crippen molar-refractivity contribution < 1.29 is 14.3 Å². The molecular weight excluding hydrogens is 354 g/mol. The molecule has 4 nitrogen and oxygen atoms in total. The van der Waals surface area contributed by atoms with Gasteiger partial charge in [-0.2, -0.15) is 0 Å². The van der Waals surface area contributed by atoms with E-state index >= 15 is 0 Å². The predicted molar refractivity (Wildman–Crippen MR) is 104 cm³/mol. The number of benzene rings is 1. The number of rotatable bonds is 7. The fourth-order valence-corrected chi connectivity index (χ4v) is 3.31. The second-order valence-corrected chi connectivity index (χ2v) is 7.33. The average molecular weight is 376 g/mol. The zero-order valence-corrected chi connectivity index (χ0v) is 16.2. The topological polar surface area (TPSA) is 46.6 Å². The fourth-order valence-electron chi connectivity index (χ4n) is 2.08. The SMILES string of the molecule is CSc1ccc(CN(C)C(=O)COC(=O)/C=C/c2sccc2C)cc1. The Labute approximate surface area is 156 Å². The minimum atomic E-state index is -0.515. The molecular formula is C19H21NO3S2. The van der Waals surface area contributed by atoms with E-state index in [4.69, 9.17) is 4.74 Å². The molecule has 1 aromatic heterocycles. The Morgan fingerprint density at radius 1 is 1.24 bits per heavy atom. The molecule has 2 aromatic rings. The quantitative estimate of drug-likeness (QED) is 0.417.